The van der Waals surface area contributed by atoms with E-state index in [1.807, 2.05) is 20.8 Å². The van der Waals surface area contributed by atoms with Crippen LogP contribution >= 0.6 is 11.6 Å². The van der Waals surface area contributed by atoms with E-state index in [4.69, 9.17) is 16.3 Å². The predicted molar refractivity (Wildman–Crippen MR) is 89.0 cm³/mol. The van der Waals surface area contributed by atoms with Crippen molar-refractivity contribution in [2.75, 3.05) is 12.3 Å². The molecule has 0 N–H and O–H groups in total. The second-order valence-corrected chi connectivity index (χ2v) is 8.37. The van der Waals surface area contributed by atoms with Crippen LogP contribution in [0.25, 0.3) is 0 Å². The zero-order valence-electron chi connectivity index (χ0n) is 13.8. The van der Waals surface area contributed by atoms with E-state index in [1.165, 1.54) is 0 Å². The number of amides is 1. The molecule has 23 heavy (non-hydrogen) atoms. The SMILES string of the molecule is Cc1cc(Cl)nc([S@](=O)C[C@@H]2CCCN2C(=O)OC(C)(C)C)n1. The van der Waals surface area contributed by atoms with Gasteiger partial charge < -0.3 is 9.64 Å². The molecule has 2 atom stereocenters. The number of ether oxygens (including phenoxy) is 1. The number of likely N-dealkylation sites (tertiary alicyclic amines) is 1. The maximum Gasteiger partial charge on any atom is 0.410 e. The highest BCUT2D eigenvalue weighted by molar-refractivity contribution is 7.84. The van der Waals surface area contributed by atoms with Gasteiger partial charge in [-0.05, 0) is 46.6 Å². The number of aryl methyl sites for hydroxylation is 1. The van der Waals surface area contributed by atoms with Gasteiger partial charge in [-0.3, -0.25) is 4.21 Å². The van der Waals surface area contributed by atoms with Gasteiger partial charge in [-0.25, -0.2) is 14.8 Å². The van der Waals surface area contributed by atoms with E-state index in [2.05, 4.69) is 9.97 Å². The molecule has 1 fully saturated rings. The van der Waals surface area contributed by atoms with Gasteiger partial charge in [-0.1, -0.05) is 11.6 Å². The molecular formula is C15H22ClN3O3S. The molecule has 128 valence electrons. The quantitative estimate of drug-likeness (QED) is 0.612. The van der Waals surface area contributed by atoms with Crippen LogP contribution < -0.4 is 0 Å². The number of carbonyl (C=O) groups is 1. The van der Waals surface area contributed by atoms with Crippen molar-refractivity contribution < 1.29 is 13.7 Å². The Morgan fingerprint density at radius 1 is 1.48 bits per heavy atom. The van der Waals surface area contributed by atoms with Gasteiger partial charge in [0.25, 0.3) is 0 Å². The molecule has 1 saturated heterocycles. The van der Waals surface area contributed by atoms with Crippen LogP contribution in [0.5, 0.6) is 0 Å². The maximum atomic E-state index is 12.5. The van der Waals surface area contributed by atoms with Crippen molar-refractivity contribution in [1.82, 2.24) is 14.9 Å². The molecule has 0 radical (unpaired) electrons. The number of aromatic nitrogens is 2. The highest BCUT2D eigenvalue weighted by atomic mass is 35.5. The Balaban J connectivity index is 2.06. The van der Waals surface area contributed by atoms with E-state index >= 15 is 0 Å². The molecule has 1 aromatic heterocycles. The van der Waals surface area contributed by atoms with Gasteiger partial charge in [-0.2, -0.15) is 0 Å². The summed E-state index contributed by atoms with van der Waals surface area (Å²) < 4.78 is 17.9. The van der Waals surface area contributed by atoms with Crippen molar-refractivity contribution in [3.05, 3.63) is 16.9 Å². The number of hydrogen-bond acceptors (Lipinski definition) is 5. The third kappa shape index (κ3) is 5.14. The van der Waals surface area contributed by atoms with Gasteiger partial charge >= 0.3 is 6.09 Å². The van der Waals surface area contributed by atoms with Gasteiger partial charge in [0.15, 0.2) is 0 Å². The van der Waals surface area contributed by atoms with Gasteiger partial charge in [0, 0.05) is 18.3 Å². The van der Waals surface area contributed by atoms with E-state index in [0.29, 0.717) is 18.0 Å². The first-order valence-corrected chi connectivity index (χ1v) is 9.24. The first kappa shape index (κ1) is 18.1. The molecule has 0 saturated carbocycles. The zero-order valence-corrected chi connectivity index (χ0v) is 15.4. The summed E-state index contributed by atoms with van der Waals surface area (Å²) >= 11 is 5.89. The second kappa shape index (κ2) is 7.13. The summed E-state index contributed by atoms with van der Waals surface area (Å²) in [6.07, 6.45) is 1.31. The van der Waals surface area contributed by atoms with Crippen LogP contribution in [0.1, 0.15) is 39.3 Å². The fourth-order valence-electron chi connectivity index (χ4n) is 2.43. The standard InChI is InChI=1S/C15H22ClN3O3S/c1-10-8-12(16)18-13(17-10)23(21)9-11-6-5-7-19(11)14(20)22-15(2,3)4/h8,11H,5-7,9H2,1-4H3/t11-,23+/m0/s1. The maximum absolute atomic E-state index is 12.5. The lowest BCUT2D eigenvalue weighted by atomic mass is 10.2. The first-order chi connectivity index (χ1) is 10.7. The molecule has 0 aliphatic carbocycles. The minimum atomic E-state index is -1.41. The van der Waals surface area contributed by atoms with Crippen molar-refractivity contribution in [2.24, 2.45) is 0 Å². The molecule has 0 unspecified atom stereocenters. The topological polar surface area (TPSA) is 72.4 Å². The molecule has 1 aliphatic rings. The number of carbonyl (C=O) groups excluding carboxylic acids is 1. The Hall–Kier alpha value is -1.21. The third-order valence-corrected chi connectivity index (χ3v) is 4.83. The summed E-state index contributed by atoms with van der Waals surface area (Å²) in [5.41, 5.74) is 0.125. The summed E-state index contributed by atoms with van der Waals surface area (Å²) in [7, 11) is -1.41. The highest BCUT2D eigenvalue weighted by Crippen LogP contribution is 2.22. The number of halogens is 1. The molecule has 8 heteroatoms. The molecule has 0 aromatic carbocycles. The average Bonchev–Trinajstić information content (AvgIpc) is 2.83. The molecule has 2 rings (SSSR count). The lowest BCUT2D eigenvalue weighted by Crippen LogP contribution is -2.42. The lowest BCUT2D eigenvalue weighted by molar-refractivity contribution is 0.0241. The zero-order chi connectivity index (χ0) is 17.2. The second-order valence-electron chi connectivity index (χ2n) is 6.60. The Labute approximate surface area is 144 Å². The van der Waals surface area contributed by atoms with Gasteiger partial charge in [0.2, 0.25) is 5.16 Å². The van der Waals surface area contributed by atoms with Crippen LogP contribution in [0.4, 0.5) is 4.79 Å². The smallest absolute Gasteiger partial charge is 0.410 e. The van der Waals surface area contributed by atoms with Crippen molar-refractivity contribution >= 4 is 28.5 Å². The van der Waals surface area contributed by atoms with E-state index in [9.17, 15) is 9.00 Å². The monoisotopic (exact) mass is 359 g/mol. The first-order valence-electron chi connectivity index (χ1n) is 7.55. The Morgan fingerprint density at radius 2 is 2.17 bits per heavy atom. The highest BCUT2D eigenvalue weighted by Gasteiger charge is 2.33. The number of nitrogens with zero attached hydrogens (tertiary/aromatic N) is 3. The van der Waals surface area contributed by atoms with E-state index in [1.54, 1.807) is 17.9 Å². The summed E-state index contributed by atoms with van der Waals surface area (Å²) in [5, 5.41) is 0.488. The molecule has 6 nitrogen and oxygen atoms in total. The lowest BCUT2D eigenvalue weighted by Gasteiger charge is -2.28. The summed E-state index contributed by atoms with van der Waals surface area (Å²) in [6, 6.07) is 1.48. The van der Waals surface area contributed by atoms with Crippen LogP contribution in [-0.4, -0.2) is 49.1 Å². The largest absolute Gasteiger partial charge is 0.444 e. The summed E-state index contributed by atoms with van der Waals surface area (Å²) in [5.74, 6) is 0.291. The Morgan fingerprint density at radius 3 is 2.78 bits per heavy atom. The fraction of sp³-hybridized carbons (Fsp3) is 0.667. The summed E-state index contributed by atoms with van der Waals surface area (Å²) in [4.78, 5) is 22.1. The van der Waals surface area contributed by atoms with Gasteiger partial charge in [0.05, 0.1) is 16.6 Å². The molecule has 1 amide bonds. The Bertz CT molecular complexity index is 598. The predicted octanol–water partition coefficient (Wildman–Crippen LogP) is 2.95. The molecule has 0 spiro atoms. The minimum absolute atomic E-state index is 0.131. The number of rotatable bonds is 3. The van der Waals surface area contributed by atoms with Crippen molar-refractivity contribution in [1.29, 1.82) is 0 Å². The molecule has 1 aromatic rings. The summed E-state index contributed by atoms with van der Waals surface area (Å²) in [6.45, 7) is 7.88. The minimum Gasteiger partial charge on any atom is -0.444 e. The average molecular weight is 360 g/mol. The van der Waals surface area contributed by atoms with E-state index in [-0.39, 0.29) is 22.4 Å². The van der Waals surface area contributed by atoms with Crippen molar-refractivity contribution in [3.63, 3.8) is 0 Å². The van der Waals surface area contributed by atoms with Crippen LogP contribution in [-0.2, 0) is 15.5 Å². The van der Waals surface area contributed by atoms with Crippen LogP contribution in [0.15, 0.2) is 11.2 Å². The number of hydrogen-bond donors (Lipinski definition) is 0. The van der Waals surface area contributed by atoms with Crippen LogP contribution in [0, 0.1) is 6.92 Å². The van der Waals surface area contributed by atoms with Crippen molar-refractivity contribution in [3.8, 4) is 0 Å². The molecule has 1 aliphatic heterocycles. The third-order valence-electron chi connectivity index (χ3n) is 3.35. The van der Waals surface area contributed by atoms with Gasteiger partial charge in [0.1, 0.15) is 10.8 Å². The fourth-order valence-corrected chi connectivity index (χ4v) is 4.00. The van der Waals surface area contributed by atoms with Crippen LogP contribution in [0.3, 0.4) is 0 Å². The van der Waals surface area contributed by atoms with Crippen LogP contribution in [0.2, 0.25) is 5.15 Å². The molecule has 0 bridgehead atoms. The Kier molecular flexibility index (Phi) is 5.62. The molecular weight excluding hydrogens is 338 g/mol. The van der Waals surface area contributed by atoms with E-state index in [0.717, 1.165) is 12.8 Å². The van der Waals surface area contributed by atoms with E-state index < -0.39 is 16.4 Å². The van der Waals surface area contributed by atoms with Gasteiger partial charge in [-0.15, -0.1) is 0 Å². The van der Waals surface area contributed by atoms with Crippen molar-refractivity contribution in [2.45, 2.75) is 57.3 Å². The molecule has 2 heterocycles. The normalized spacial score (nSPS) is 19.7.